The van der Waals surface area contributed by atoms with Crippen molar-refractivity contribution in [1.82, 2.24) is 4.90 Å². The lowest BCUT2D eigenvalue weighted by Gasteiger charge is -2.21. The van der Waals surface area contributed by atoms with Gasteiger partial charge in [0.05, 0.1) is 11.6 Å². The number of hydrogen-bond acceptors (Lipinski definition) is 2. The van der Waals surface area contributed by atoms with Crippen LogP contribution in [0.1, 0.15) is 18.1 Å². The molecule has 0 aliphatic heterocycles. The van der Waals surface area contributed by atoms with Crippen LogP contribution in [0.15, 0.2) is 53.0 Å². The van der Waals surface area contributed by atoms with Crippen LogP contribution >= 0.6 is 15.9 Å². The molecular formula is C17H20BrNO. The van der Waals surface area contributed by atoms with Gasteiger partial charge in [-0.05, 0) is 45.7 Å². The van der Waals surface area contributed by atoms with E-state index in [2.05, 4.69) is 70.2 Å². The molecule has 2 nitrogen and oxygen atoms in total. The van der Waals surface area contributed by atoms with Gasteiger partial charge >= 0.3 is 0 Å². The molecule has 0 unspecified atom stereocenters. The maximum atomic E-state index is 5.27. The summed E-state index contributed by atoms with van der Waals surface area (Å²) in [4.78, 5) is 2.42. The van der Waals surface area contributed by atoms with Crippen molar-refractivity contribution in [2.24, 2.45) is 0 Å². The van der Waals surface area contributed by atoms with Gasteiger partial charge in [0, 0.05) is 13.1 Å². The van der Waals surface area contributed by atoms with Crippen molar-refractivity contribution in [3.8, 4) is 5.75 Å². The number of rotatable bonds is 6. The van der Waals surface area contributed by atoms with Gasteiger partial charge in [-0.25, -0.2) is 0 Å². The Kier molecular flexibility index (Phi) is 5.62. The molecular weight excluding hydrogens is 314 g/mol. The monoisotopic (exact) mass is 333 g/mol. The Morgan fingerprint density at radius 3 is 2.30 bits per heavy atom. The minimum Gasteiger partial charge on any atom is -0.496 e. The number of hydrogen-bond donors (Lipinski definition) is 0. The maximum absolute atomic E-state index is 5.27. The van der Waals surface area contributed by atoms with E-state index < -0.39 is 0 Å². The Balaban J connectivity index is 2.04. The van der Waals surface area contributed by atoms with Crippen LogP contribution in [-0.2, 0) is 13.1 Å². The summed E-state index contributed by atoms with van der Waals surface area (Å²) >= 11 is 3.54. The van der Waals surface area contributed by atoms with Crippen LogP contribution in [0.3, 0.4) is 0 Å². The first-order valence-corrected chi connectivity index (χ1v) is 7.61. The minimum atomic E-state index is 0.875. The highest BCUT2D eigenvalue weighted by molar-refractivity contribution is 9.10. The van der Waals surface area contributed by atoms with E-state index in [1.54, 1.807) is 7.11 Å². The van der Waals surface area contributed by atoms with Gasteiger partial charge < -0.3 is 4.74 Å². The Morgan fingerprint density at radius 2 is 1.70 bits per heavy atom. The van der Waals surface area contributed by atoms with Crippen molar-refractivity contribution in [2.75, 3.05) is 13.7 Å². The van der Waals surface area contributed by atoms with Gasteiger partial charge in [0.25, 0.3) is 0 Å². The molecule has 0 bridgehead atoms. The number of nitrogens with zero attached hydrogens (tertiary/aromatic N) is 1. The molecule has 0 fully saturated rings. The molecule has 0 aliphatic rings. The van der Waals surface area contributed by atoms with Crippen LogP contribution < -0.4 is 4.74 Å². The molecule has 0 radical (unpaired) electrons. The molecule has 0 saturated carbocycles. The molecule has 106 valence electrons. The summed E-state index contributed by atoms with van der Waals surface area (Å²) in [6.07, 6.45) is 0. The topological polar surface area (TPSA) is 12.5 Å². The second-order valence-electron chi connectivity index (χ2n) is 4.76. The highest BCUT2D eigenvalue weighted by Crippen LogP contribution is 2.26. The Bertz CT molecular complexity index is 542. The molecule has 0 aromatic heterocycles. The first kappa shape index (κ1) is 15.1. The first-order chi connectivity index (χ1) is 9.72. The van der Waals surface area contributed by atoms with E-state index in [0.29, 0.717) is 0 Å². The molecule has 0 saturated heterocycles. The molecule has 3 heteroatoms. The molecule has 0 amide bonds. The molecule has 2 aromatic rings. The minimum absolute atomic E-state index is 0.875. The summed E-state index contributed by atoms with van der Waals surface area (Å²) in [5.74, 6) is 0.875. The zero-order valence-electron chi connectivity index (χ0n) is 12.0. The van der Waals surface area contributed by atoms with Crippen LogP contribution in [0.2, 0.25) is 0 Å². The zero-order valence-corrected chi connectivity index (χ0v) is 13.6. The Labute approximate surface area is 129 Å². The molecule has 0 heterocycles. The standard InChI is InChI=1S/C17H20BrNO/c1-3-19(12-14-7-5-4-6-8-14)13-15-9-10-17(20-2)16(18)11-15/h4-11H,3,12-13H2,1-2H3. The van der Waals surface area contributed by atoms with Gasteiger partial charge in [0.2, 0.25) is 0 Å². The summed E-state index contributed by atoms with van der Waals surface area (Å²) in [5.41, 5.74) is 2.64. The lowest BCUT2D eigenvalue weighted by atomic mass is 10.1. The average molecular weight is 334 g/mol. The quantitative estimate of drug-likeness (QED) is 0.772. The van der Waals surface area contributed by atoms with E-state index in [-0.39, 0.29) is 0 Å². The van der Waals surface area contributed by atoms with Crippen LogP contribution in [0.25, 0.3) is 0 Å². The van der Waals surface area contributed by atoms with Crippen molar-refractivity contribution < 1.29 is 4.74 Å². The van der Waals surface area contributed by atoms with E-state index >= 15 is 0 Å². The molecule has 20 heavy (non-hydrogen) atoms. The molecule has 2 aromatic carbocycles. The van der Waals surface area contributed by atoms with Crippen LogP contribution in [0.5, 0.6) is 5.75 Å². The summed E-state index contributed by atoms with van der Waals surface area (Å²) in [6, 6.07) is 16.8. The first-order valence-electron chi connectivity index (χ1n) is 6.81. The van der Waals surface area contributed by atoms with Gasteiger partial charge in [-0.1, -0.05) is 43.3 Å². The third-order valence-electron chi connectivity index (χ3n) is 3.32. The predicted molar refractivity (Wildman–Crippen MR) is 86.9 cm³/mol. The van der Waals surface area contributed by atoms with Crippen molar-refractivity contribution in [1.29, 1.82) is 0 Å². The third kappa shape index (κ3) is 4.09. The van der Waals surface area contributed by atoms with Crippen molar-refractivity contribution >= 4 is 15.9 Å². The van der Waals surface area contributed by atoms with Crippen molar-refractivity contribution in [3.63, 3.8) is 0 Å². The Morgan fingerprint density at radius 1 is 1.00 bits per heavy atom. The molecule has 2 rings (SSSR count). The second-order valence-corrected chi connectivity index (χ2v) is 5.61. The number of methoxy groups -OCH3 is 1. The number of benzene rings is 2. The fourth-order valence-corrected chi connectivity index (χ4v) is 2.78. The zero-order chi connectivity index (χ0) is 14.4. The van der Waals surface area contributed by atoms with Crippen LogP contribution in [0, 0.1) is 0 Å². The highest BCUT2D eigenvalue weighted by atomic mass is 79.9. The summed E-state index contributed by atoms with van der Waals surface area (Å²) in [6.45, 7) is 5.13. The summed E-state index contributed by atoms with van der Waals surface area (Å²) in [5, 5.41) is 0. The van der Waals surface area contributed by atoms with Crippen LogP contribution in [-0.4, -0.2) is 18.6 Å². The molecule has 0 spiro atoms. The second kappa shape index (κ2) is 7.46. The van der Waals surface area contributed by atoms with Gasteiger partial charge in [-0.3, -0.25) is 4.90 Å². The molecule has 0 aliphatic carbocycles. The smallest absolute Gasteiger partial charge is 0.133 e. The third-order valence-corrected chi connectivity index (χ3v) is 3.94. The van der Waals surface area contributed by atoms with Gasteiger partial charge in [0.15, 0.2) is 0 Å². The van der Waals surface area contributed by atoms with Gasteiger partial charge in [0.1, 0.15) is 5.75 Å². The van der Waals surface area contributed by atoms with E-state index in [1.807, 2.05) is 6.07 Å². The molecule has 0 atom stereocenters. The normalized spacial score (nSPS) is 10.8. The van der Waals surface area contributed by atoms with Gasteiger partial charge in [-0.2, -0.15) is 0 Å². The van der Waals surface area contributed by atoms with E-state index in [9.17, 15) is 0 Å². The summed E-state index contributed by atoms with van der Waals surface area (Å²) in [7, 11) is 1.69. The predicted octanol–water partition coefficient (Wildman–Crippen LogP) is 4.48. The van der Waals surface area contributed by atoms with E-state index in [1.165, 1.54) is 11.1 Å². The van der Waals surface area contributed by atoms with Crippen LogP contribution in [0.4, 0.5) is 0 Å². The van der Waals surface area contributed by atoms with Gasteiger partial charge in [-0.15, -0.1) is 0 Å². The van der Waals surface area contributed by atoms with E-state index in [0.717, 1.165) is 29.9 Å². The maximum Gasteiger partial charge on any atom is 0.133 e. The average Bonchev–Trinajstić information content (AvgIpc) is 2.48. The fraction of sp³-hybridized carbons (Fsp3) is 0.294. The fourth-order valence-electron chi connectivity index (χ4n) is 2.19. The largest absolute Gasteiger partial charge is 0.496 e. The SMILES string of the molecule is CCN(Cc1ccccc1)Cc1ccc(OC)c(Br)c1. The Hall–Kier alpha value is -1.32. The number of halogens is 1. The molecule has 0 N–H and O–H groups in total. The van der Waals surface area contributed by atoms with Crippen molar-refractivity contribution in [3.05, 3.63) is 64.1 Å². The lowest BCUT2D eigenvalue weighted by molar-refractivity contribution is 0.271. The van der Waals surface area contributed by atoms with E-state index in [4.69, 9.17) is 4.74 Å². The number of ether oxygens (including phenoxy) is 1. The lowest BCUT2D eigenvalue weighted by Crippen LogP contribution is -2.22. The summed E-state index contributed by atoms with van der Waals surface area (Å²) < 4.78 is 6.27. The van der Waals surface area contributed by atoms with Crippen molar-refractivity contribution in [2.45, 2.75) is 20.0 Å². The highest BCUT2D eigenvalue weighted by Gasteiger charge is 2.07.